The number of benzene rings is 3. The molecule has 3 aromatic carbocycles. The van der Waals surface area contributed by atoms with Crippen molar-refractivity contribution in [2.24, 2.45) is 0 Å². The van der Waals surface area contributed by atoms with Gasteiger partial charge in [0.2, 0.25) is 5.91 Å². The fourth-order valence-corrected chi connectivity index (χ4v) is 5.02. The van der Waals surface area contributed by atoms with Crippen molar-refractivity contribution in [3.05, 3.63) is 94.3 Å². The Labute approximate surface area is 206 Å². The second kappa shape index (κ2) is 8.49. The van der Waals surface area contributed by atoms with E-state index in [1.54, 1.807) is 41.9 Å². The highest BCUT2D eigenvalue weighted by atomic mass is 16.2. The first-order valence-electron chi connectivity index (χ1n) is 11.8. The van der Waals surface area contributed by atoms with Crippen molar-refractivity contribution in [3.63, 3.8) is 0 Å². The normalized spacial score (nSPS) is 12.2. The number of aryl methyl sites for hydroxylation is 1. The summed E-state index contributed by atoms with van der Waals surface area (Å²) in [5, 5.41) is 7.15. The molecule has 0 saturated heterocycles. The molecule has 36 heavy (non-hydrogen) atoms. The van der Waals surface area contributed by atoms with Gasteiger partial charge < -0.3 is 15.2 Å². The molecule has 0 saturated carbocycles. The molecule has 0 radical (unpaired) electrons. The molecule has 6 rings (SSSR count). The first kappa shape index (κ1) is 21.8. The lowest BCUT2D eigenvalue weighted by Crippen LogP contribution is -2.29. The molecule has 1 aliphatic heterocycles. The number of hydrogen-bond donors (Lipinski definition) is 2. The summed E-state index contributed by atoms with van der Waals surface area (Å²) in [6.07, 6.45) is 0.679. The van der Waals surface area contributed by atoms with Gasteiger partial charge in [-0.05, 0) is 54.4 Å². The number of nitrogens with one attached hydrogen (secondary N) is 2. The van der Waals surface area contributed by atoms with E-state index < -0.39 is 0 Å². The number of nitrogens with zero attached hydrogens (tertiary/aromatic N) is 3. The SMILES string of the molecule is CNC(=O)c1ccc(NC(=O)Cn2c3c(c4ccccc42)CCn2c-3nc3ccccc3c2=O)cc1. The van der Waals surface area contributed by atoms with Gasteiger partial charge in [-0.2, -0.15) is 0 Å². The van der Waals surface area contributed by atoms with Crippen LogP contribution in [0.2, 0.25) is 0 Å². The van der Waals surface area contributed by atoms with Crippen LogP contribution in [0.15, 0.2) is 77.6 Å². The van der Waals surface area contributed by atoms with Crippen LogP contribution in [0.1, 0.15) is 15.9 Å². The minimum absolute atomic E-state index is 0.0513. The van der Waals surface area contributed by atoms with Gasteiger partial charge in [0.25, 0.3) is 11.5 Å². The Kier molecular flexibility index (Phi) is 5.14. The van der Waals surface area contributed by atoms with Gasteiger partial charge in [-0.1, -0.05) is 30.3 Å². The highest BCUT2D eigenvalue weighted by molar-refractivity contribution is 5.97. The van der Waals surface area contributed by atoms with E-state index in [9.17, 15) is 14.4 Å². The first-order valence-corrected chi connectivity index (χ1v) is 11.8. The molecule has 0 spiro atoms. The number of amides is 2. The molecule has 3 heterocycles. The molecule has 0 aliphatic carbocycles. The smallest absolute Gasteiger partial charge is 0.261 e. The van der Waals surface area contributed by atoms with Crippen LogP contribution in [-0.2, 0) is 24.3 Å². The minimum Gasteiger partial charge on any atom is -0.355 e. The van der Waals surface area contributed by atoms with Crippen LogP contribution in [0.3, 0.4) is 0 Å². The zero-order valence-corrected chi connectivity index (χ0v) is 19.6. The average molecular weight is 478 g/mol. The molecular formula is C28H23N5O3. The van der Waals surface area contributed by atoms with E-state index in [0.717, 1.165) is 22.2 Å². The molecule has 0 fully saturated rings. The zero-order valence-electron chi connectivity index (χ0n) is 19.6. The third-order valence-corrected chi connectivity index (χ3v) is 6.69. The summed E-state index contributed by atoms with van der Waals surface area (Å²) in [5.41, 5.74) is 4.49. The van der Waals surface area contributed by atoms with Crippen LogP contribution < -0.4 is 16.2 Å². The van der Waals surface area contributed by atoms with Crippen molar-refractivity contribution in [2.75, 3.05) is 12.4 Å². The standard InChI is InChI=1S/C28H23N5O3/c1-29-27(35)17-10-12-18(13-11-17)30-24(34)16-33-23-9-5-3-6-19(23)20-14-15-32-26(25(20)33)31-22-8-4-2-7-21(22)28(32)36/h2-13H,14-16H2,1H3,(H,29,35)(H,30,34). The molecular weight excluding hydrogens is 454 g/mol. The number of aromatic nitrogens is 3. The number of fused-ring (bicyclic) bond motifs is 6. The Hall–Kier alpha value is -4.72. The maximum absolute atomic E-state index is 13.3. The summed E-state index contributed by atoms with van der Waals surface area (Å²) in [4.78, 5) is 43.1. The van der Waals surface area contributed by atoms with E-state index in [0.29, 0.717) is 40.9 Å². The Balaban J connectivity index is 1.43. The van der Waals surface area contributed by atoms with E-state index in [4.69, 9.17) is 4.98 Å². The van der Waals surface area contributed by atoms with E-state index in [1.165, 1.54) is 0 Å². The van der Waals surface area contributed by atoms with E-state index >= 15 is 0 Å². The third-order valence-electron chi connectivity index (χ3n) is 6.69. The first-order chi connectivity index (χ1) is 17.5. The van der Waals surface area contributed by atoms with Gasteiger partial charge in [0.1, 0.15) is 6.54 Å². The lowest BCUT2D eigenvalue weighted by molar-refractivity contribution is -0.116. The monoisotopic (exact) mass is 477 g/mol. The number of anilines is 1. The van der Waals surface area contributed by atoms with Crippen LogP contribution in [0.5, 0.6) is 0 Å². The maximum atomic E-state index is 13.3. The number of hydrogen-bond acceptors (Lipinski definition) is 4. The predicted molar refractivity (Wildman–Crippen MR) is 139 cm³/mol. The fraction of sp³-hybridized carbons (Fsp3) is 0.143. The van der Waals surface area contributed by atoms with Gasteiger partial charge in [0.15, 0.2) is 5.82 Å². The molecule has 0 atom stereocenters. The van der Waals surface area contributed by atoms with E-state index in [1.807, 2.05) is 41.0 Å². The maximum Gasteiger partial charge on any atom is 0.261 e. The Morgan fingerprint density at radius 3 is 2.44 bits per heavy atom. The number of rotatable bonds is 4. The van der Waals surface area contributed by atoms with E-state index in [-0.39, 0.29) is 23.9 Å². The molecule has 178 valence electrons. The number of para-hydroxylation sites is 2. The highest BCUT2D eigenvalue weighted by Crippen LogP contribution is 2.36. The van der Waals surface area contributed by atoms with E-state index in [2.05, 4.69) is 16.7 Å². The highest BCUT2D eigenvalue weighted by Gasteiger charge is 2.28. The minimum atomic E-state index is -0.216. The second-order valence-electron chi connectivity index (χ2n) is 8.79. The second-order valence-corrected chi connectivity index (χ2v) is 8.79. The number of carbonyl (C=O) groups excluding carboxylic acids is 2. The summed E-state index contributed by atoms with van der Waals surface area (Å²) in [6.45, 7) is 0.590. The molecule has 2 N–H and O–H groups in total. The van der Waals surface area contributed by atoms with Crippen molar-refractivity contribution < 1.29 is 9.59 Å². The largest absolute Gasteiger partial charge is 0.355 e. The lowest BCUT2D eigenvalue weighted by Gasteiger charge is -2.21. The van der Waals surface area contributed by atoms with Crippen molar-refractivity contribution in [1.82, 2.24) is 19.4 Å². The molecule has 2 aromatic heterocycles. The van der Waals surface area contributed by atoms with Gasteiger partial charge in [-0.15, -0.1) is 0 Å². The molecule has 0 unspecified atom stereocenters. The molecule has 8 heteroatoms. The van der Waals surface area contributed by atoms with Crippen LogP contribution in [0, 0.1) is 0 Å². The van der Waals surface area contributed by atoms with Crippen LogP contribution in [0.4, 0.5) is 5.69 Å². The van der Waals surface area contributed by atoms with Gasteiger partial charge in [-0.3, -0.25) is 19.0 Å². The van der Waals surface area contributed by atoms with Crippen LogP contribution in [0.25, 0.3) is 33.3 Å². The topological polar surface area (TPSA) is 98.0 Å². The summed E-state index contributed by atoms with van der Waals surface area (Å²) < 4.78 is 3.67. The molecule has 8 nitrogen and oxygen atoms in total. The zero-order chi connectivity index (χ0) is 24.8. The Bertz CT molecular complexity index is 1730. The molecule has 0 bridgehead atoms. The fourth-order valence-electron chi connectivity index (χ4n) is 5.02. The van der Waals surface area contributed by atoms with Crippen LogP contribution in [-0.4, -0.2) is 33.0 Å². The lowest BCUT2D eigenvalue weighted by atomic mass is 10.0. The summed E-state index contributed by atoms with van der Waals surface area (Å²) in [5.74, 6) is 0.178. The summed E-state index contributed by atoms with van der Waals surface area (Å²) >= 11 is 0. The van der Waals surface area contributed by atoms with Crippen molar-refractivity contribution >= 4 is 39.3 Å². The van der Waals surface area contributed by atoms with Gasteiger partial charge >= 0.3 is 0 Å². The van der Waals surface area contributed by atoms with Crippen molar-refractivity contribution in [2.45, 2.75) is 19.5 Å². The molecule has 1 aliphatic rings. The van der Waals surface area contributed by atoms with Gasteiger partial charge in [0.05, 0.1) is 16.6 Å². The Morgan fingerprint density at radius 2 is 1.67 bits per heavy atom. The van der Waals surface area contributed by atoms with Gasteiger partial charge in [-0.25, -0.2) is 4.98 Å². The Morgan fingerprint density at radius 1 is 0.944 bits per heavy atom. The van der Waals surface area contributed by atoms with Crippen molar-refractivity contribution in [3.8, 4) is 11.5 Å². The molecule has 5 aromatic rings. The van der Waals surface area contributed by atoms with Crippen LogP contribution >= 0.6 is 0 Å². The quantitative estimate of drug-likeness (QED) is 0.414. The summed E-state index contributed by atoms with van der Waals surface area (Å²) in [7, 11) is 1.57. The molecule has 2 amide bonds. The third kappa shape index (κ3) is 3.46. The van der Waals surface area contributed by atoms with Crippen molar-refractivity contribution in [1.29, 1.82) is 0 Å². The van der Waals surface area contributed by atoms with Gasteiger partial charge in [0, 0.05) is 35.7 Å². The summed E-state index contributed by atoms with van der Waals surface area (Å²) in [6, 6.07) is 22.1. The average Bonchev–Trinajstić information content (AvgIpc) is 3.22. The predicted octanol–water partition coefficient (Wildman–Crippen LogP) is 3.57. The number of carbonyl (C=O) groups is 2.